The Kier molecular flexibility index (Phi) is 5.91. The molecule has 198 valence electrons. The first-order valence-corrected chi connectivity index (χ1v) is 11.8. The van der Waals surface area contributed by atoms with Gasteiger partial charge in [0.1, 0.15) is 29.2 Å². The van der Waals surface area contributed by atoms with Gasteiger partial charge in [-0.1, -0.05) is 36.4 Å². The molecule has 0 saturated carbocycles. The summed E-state index contributed by atoms with van der Waals surface area (Å²) in [5, 5.41) is 20.5. The molecule has 1 aromatic heterocycles. The lowest BCUT2D eigenvalue weighted by Crippen LogP contribution is -2.29. The molecule has 7 nitrogen and oxygen atoms in total. The number of nitro groups is 1. The van der Waals surface area contributed by atoms with Crippen LogP contribution in [-0.2, 0) is 0 Å². The van der Waals surface area contributed by atoms with Crippen molar-refractivity contribution in [1.29, 1.82) is 5.41 Å². The summed E-state index contributed by atoms with van der Waals surface area (Å²) in [6.45, 7) is 0. The summed E-state index contributed by atoms with van der Waals surface area (Å²) >= 11 is 0. The minimum Gasteiger partial charge on any atom is -0.438 e. The van der Waals surface area contributed by atoms with E-state index in [1.54, 1.807) is 18.2 Å². The minimum atomic E-state index is -1.04. The Labute approximate surface area is 223 Å². The Morgan fingerprint density at radius 3 is 2.50 bits per heavy atom. The van der Waals surface area contributed by atoms with Gasteiger partial charge in [0.05, 0.1) is 16.2 Å². The first-order chi connectivity index (χ1) is 19.2. The Hall–Kier alpha value is -5.32. The lowest BCUT2D eigenvalue weighted by molar-refractivity contribution is -0.384. The van der Waals surface area contributed by atoms with Gasteiger partial charge in [-0.3, -0.25) is 20.1 Å². The maximum Gasteiger partial charge on any atom is 0.269 e. The number of fused-ring (bicyclic) bond motifs is 2. The van der Waals surface area contributed by atoms with Gasteiger partial charge in [-0.05, 0) is 35.4 Å². The largest absolute Gasteiger partial charge is 0.438 e. The van der Waals surface area contributed by atoms with Crippen LogP contribution in [0.3, 0.4) is 0 Å². The zero-order valence-corrected chi connectivity index (χ0v) is 20.2. The van der Waals surface area contributed by atoms with E-state index in [2.05, 4.69) is 4.98 Å². The highest BCUT2D eigenvalue weighted by molar-refractivity contribution is 5.69. The summed E-state index contributed by atoms with van der Waals surface area (Å²) in [5.41, 5.74) is 0.763. The molecule has 1 aliphatic heterocycles. The first kappa shape index (κ1) is 25.0. The lowest BCUT2D eigenvalue weighted by Gasteiger charge is -2.29. The van der Waals surface area contributed by atoms with Crippen LogP contribution in [0.1, 0.15) is 22.6 Å². The van der Waals surface area contributed by atoms with Crippen molar-refractivity contribution in [1.82, 2.24) is 9.55 Å². The van der Waals surface area contributed by atoms with Crippen LogP contribution in [0.2, 0.25) is 0 Å². The molecule has 0 amide bonds. The summed E-state index contributed by atoms with van der Waals surface area (Å²) < 4.78 is 63.8. The van der Waals surface area contributed by atoms with E-state index in [1.807, 2.05) is 0 Å². The van der Waals surface area contributed by atoms with Gasteiger partial charge in [-0.2, -0.15) is 0 Å². The maximum atomic E-state index is 14.7. The Bertz CT molecular complexity index is 1910. The zero-order valence-electron chi connectivity index (χ0n) is 20.2. The number of halogens is 4. The lowest BCUT2D eigenvalue weighted by atomic mass is 9.83. The number of benzene rings is 4. The summed E-state index contributed by atoms with van der Waals surface area (Å²) in [5.74, 6) is -4.45. The van der Waals surface area contributed by atoms with Crippen molar-refractivity contribution in [2.24, 2.45) is 0 Å². The maximum absolute atomic E-state index is 14.7. The number of nitrogens with one attached hydrogen (secondary N) is 1. The predicted molar refractivity (Wildman–Crippen MR) is 135 cm³/mol. The second-order valence-electron chi connectivity index (χ2n) is 9.02. The molecule has 0 aliphatic carbocycles. The SMILES string of the molecule is N=c1c2c(ncn1-c1ccc(F)cc1F)Oc1cc(-c3cccc(F)c3F)ccc1C2c1cccc([N+](=O)[O-])c1. The van der Waals surface area contributed by atoms with Crippen LogP contribution in [0, 0.1) is 38.8 Å². The van der Waals surface area contributed by atoms with Crippen molar-refractivity contribution in [2.75, 3.05) is 0 Å². The summed E-state index contributed by atoms with van der Waals surface area (Å²) in [6.07, 6.45) is 1.14. The second-order valence-corrected chi connectivity index (χ2v) is 9.02. The highest BCUT2D eigenvalue weighted by Crippen LogP contribution is 2.47. The molecule has 0 spiro atoms. The van der Waals surface area contributed by atoms with E-state index >= 15 is 0 Å². The van der Waals surface area contributed by atoms with Crippen molar-refractivity contribution in [3.8, 4) is 28.4 Å². The van der Waals surface area contributed by atoms with E-state index in [-0.39, 0.29) is 39.6 Å². The standard InChI is InChI=1S/C29H16F4N4O3/c30-17-8-10-23(22(32)13-17)36-14-35-29-26(28(36)34)25(16-3-1-4-18(11-16)37(38)39)20-9-7-15(12-24(20)40-29)19-5-2-6-21(31)27(19)33/h1-14,25,34H. The molecular formula is C29H16F4N4O3. The summed E-state index contributed by atoms with van der Waals surface area (Å²) in [7, 11) is 0. The normalized spacial score (nSPS) is 13.8. The fourth-order valence-corrected chi connectivity index (χ4v) is 4.85. The third-order valence-corrected chi connectivity index (χ3v) is 6.68. The van der Waals surface area contributed by atoms with E-state index in [4.69, 9.17) is 10.1 Å². The van der Waals surface area contributed by atoms with E-state index in [1.165, 1.54) is 36.4 Å². The topological polar surface area (TPSA) is 94.0 Å². The first-order valence-electron chi connectivity index (χ1n) is 11.8. The van der Waals surface area contributed by atoms with Crippen LogP contribution in [0.5, 0.6) is 11.6 Å². The van der Waals surface area contributed by atoms with Crippen LogP contribution < -0.4 is 10.2 Å². The third kappa shape index (κ3) is 4.08. The zero-order chi connectivity index (χ0) is 28.1. The van der Waals surface area contributed by atoms with Crippen LogP contribution in [0.15, 0.2) is 85.2 Å². The van der Waals surface area contributed by atoms with Gasteiger partial charge >= 0.3 is 0 Å². The van der Waals surface area contributed by atoms with Crippen LogP contribution in [0.4, 0.5) is 23.2 Å². The molecule has 6 rings (SSSR count). The van der Waals surface area contributed by atoms with Gasteiger partial charge in [0.25, 0.3) is 5.69 Å². The molecule has 1 unspecified atom stereocenters. The van der Waals surface area contributed by atoms with Crippen molar-refractivity contribution in [3.63, 3.8) is 0 Å². The molecule has 4 aromatic carbocycles. The molecule has 0 radical (unpaired) electrons. The van der Waals surface area contributed by atoms with Crippen molar-refractivity contribution in [3.05, 3.63) is 141 Å². The highest BCUT2D eigenvalue weighted by atomic mass is 19.2. The highest BCUT2D eigenvalue weighted by Gasteiger charge is 2.33. The summed E-state index contributed by atoms with van der Waals surface area (Å²) in [6, 6.07) is 17.1. The number of non-ortho nitro benzene ring substituents is 1. The van der Waals surface area contributed by atoms with Gasteiger partial charge in [-0.15, -0.1) is 0 Å². The summed E-state index contributed by atoms with van der Waals surface area (Å²) in [4.78, 5) is 15.3. The van der Waals surface area contributed by atoms with Crippen molar-refractivity contribution < 1.29 is 27.2 Å². The number of hydrogen-bond donors (Lipinski definition) is 1. The predicted octanol–water partition coefficient (Wildman–Crippen LogP) is 6.77. The molecule has 1 N–H and O–H groups in total. The fourth-order valence-electron chi connectivity index (χ4n) is 4.85. The van der Waals surface area contributed by atoms with Crippen LogP contribution in [-0.4, -0.2) is 14.5 Å². The Morgan fingerprint density at radius 2 is 1.73 bits per heavy atom. The van der Waals surface area contributed by atoms with Gasteiger partial charge in [0.2, 0.25) is 5.88 Å². The molecule has 1 aliphatic rings. The van der Waals surface area contributed by atoms with Gasteiger partial charge in [0, 0.05) is 35.2 Å². The van der Waals surface area contributed by atoms with E-state index < -0.39 is 34.1 Å². The van der Waals surface area contributed by atoms with Crippen molar-refractivity contribution in [2.45, 2.75) is 5.92 Å². The third-order valence-electron chi connectivity index (χ3n) is 6.68. The average Bonchev–Trinajstić information content (AvgIpc) is 2.94. The van der Waals surface area contributed by atoms with Gasteiger partial charge < -0.3 is 4.74 Å². The minimum absolute atomic E-state index is 0.00377. The molecule has 0 bridgehead atoms. The smallest absolute Gasteiger partial charge is 0.269 e. The number of rotatable bonds is 4. The van der Waals surface area contributed by atoms with E-state index in [0.29, 0.717) is 22.8 Å². The molecule has 11 heteroatoms. The number of hydrogen-bond acceptors (Lipinski definition) is 5. The molecule has 5 aromatic rings. The number of aromatic nitrogens is 2. The quantitative estimate of drug-likeness (QED) is 0.151. The van der Waals surface area contributed by atoms with Crippen LogP contribution in [0.25, 0.3) is 16.8 Å². The average molecular weight is 544 g/mol. The second kappa shape index (κ2) is 9.45. The Morgan fingerprint density at radius 1 is 0.925 bits per heavy atom. The molecule has 2 heterocycles. The molecule has 0 fully saturated rings. The molecule has 0 saturated heterocycles. The molecule has 1 atom stereocenters. The monoisotopic (exact) mass is 544 g/mol. The van der Waals surface area contributed by atoms with Gasteiger partial charge in [0.15, 0.2) is 11.6 Å². The van der Waals surface area contributed by atoms with Crippen LogP contribution >= 0.6 is 0 Å². The number of ether oxygens (including phenoxy) is 1. The molecular weight excluding hydrogens is 528 g/mol. The van der Waals surface area contributed by atoms with E-state index in [0.717, 1.165) is 29.1 Å². The number of nitro benzene ring substituents is 1. The fraction of sp³-hybridized carbons (Fsp3) is 0.0345. The van der Waals surface area contributed by atoms with E-state index in [9.17, 15) is 27.7 Å². The Balaban J connectivity index is 1.58. The van der Waals surface area contributed by atoms with Gasteiger partial charge in [-0.25, -0.2) is 22.5 Å². The number of nitrogens with zero attached hydrogens (tertiary/aromatic N) is 3. The van der Waals surface area contributed by atoms with Crippen molar-refractivity contribution >= 4 is 5.69 Å². The molecule has 40 heavy (non-hydrogen) atoms.